The van der Waals surface area contributed by atoms with Crippen molar-refractivity contribution in [2.45, 2.75) is 51.6 Å². The van der Waals surface area contributed by atoms with E-state index in [1.54, 1.807) is 19.1 Å². The van der Waals surface area contributed by atoms with Crippen LogP contribution >= 0.6 is 0 Å². The molecule has 1 aromatic rings. The summed E-state index contributed by atoms with van der Waals surface area (Å²) >= 11 is 0. The van der Waals surface area contributed by atoms with Crippen LogP contribution in [0.15, 0.2) is 18.2 Å². The number of carbonyl (C=O) groups is 1. The SMILES string of the molecule is CCOC(=O)C1(Oc2cc(C(C)C)ccc2[N+](=O)[O-])CCC1. The van der Waals surface area contributed by atoms with Crippen LogP contribution in [-0.4, -0.2) is 23.1 Å². The summed E-state index contributed by atoms with van der Waals surface area (Å²) in [6.45, 7) is 5.98. The lowest BCUT2D eigenvalue weighted by Gasteiger charge is -2.38. The Hall–Kier alpha value is -2.11. The van der Waals surface area contributed by atoms with Gasteiger partial charge in [0.2, 0.25) is 5.60 Å². The summed E-state index contributed by atoms with van der Waals surface area (Å²) in [6.07, 6.45) is 1.89. The normalized spacial score (nSPS) is 16.0. The summed E-state index contributed by atoms with van der Waals surface area (Å²) in [4.78, 5) is 22.8. The van der Waals surface area contributed by atoms with Gasteiger partial charge in [-0.15, -0.1) is 0 Å². The second-order valence-corrected chi connectivity index (χ2v) is 5.81. The number of nitrogens with zero attached hydrogens (tertiary/aromatic N) is 1. The minimum atomic E-state index is -1.07. The van der Waals surface area contributed by atoms with Crippen molar-refractivity contribution in [3.63, 3.8) is 0 Å². The number of hydrogen-bond acceptors (Lipinski definition) is 5. The molecular formula is C16H21NO5. The fraction of sp³-hybridized carbons (Fsp3) is 0.562. The van der Waals surface area contributed by atoms with Crippen molar-refractivity contribution in [3.05, 3.63) is 33.9 Å². The van der Waals surface area contributed by atoms with E-state index in [-0.39, 0.29) is 24.0 Å². The first-order valence-electron chi connectivity index (χ1n) is 7.54. The summed E-state index contributed by atoms with van der Waals surface area (Å²) in [6, 6.07) is 4.80. The molecule has 1 aromatic carbocycles. The topological polar surface area (TPSA) is 78.7 Å². The predicted molar refractivity (Wildman–Crippen MR) is 81.0 cm³/mol. The van der Waals surface area contributed by atoms with Crippen LogP contribution < -0.4 is 4.74 Å². The van der Waals surface area contributed by atoms with Gasteiger partial charge in [-0.25, -0.2) is 4.79 Å². The van der Waals surface area contributed by atoms with E-state index in [2.05, 4.69) is 0 Å². The Labute approximate surface area is 129 Å². The zero-order chi connectivity index (χ0) is 16.3. The van der Waals surface area contributed by atoms with E-state index >= 15 is 0 Å². The lowest BCUT2D eigenvalue weighted by Crippen LogP contribution is -2.51. The van der Waals surface area contributed by atoms with E-state index in [0.29, 0.717) is 12.8 Å². The van der Waals surface area contributed by atoms with Crippen LogP contribution in [0.1, 0.15) is 51.5 Å². The Morgan fingerprint density at radius 1 is 1.41 bits per heavy atom. The van der Waals surface area contributed by atoms with Gasteiger partial charge in [0, 0.05) is 6.07 Å². The Bertz CT molecular complexity index is 578. The highest BCUT2D eigenvalue weighted by atomic mass is 16.6. The first-order chi connectivity index (χ1) is 10.4. The molecule has 0 radical (unpaired) electrons. The van der Waals surface area contributed by atoms with Crippen molar-refractivity contribution >= 4 is 11.7 Å². The fourth-order valence-corrected chi connectivity index (χ4v) is 2.44. The van der Waals surface area contributed by atoms with Gasteiger partial charge in [0.25, 0.3) is 0 Å². The predicted octanol–water partition coefficient (Wildman–Crippen LogP) is 3.58. The monoisotopic (exact) mass is 307 g/mol. The Balaban J connectivity index is 2.35. The van der Waals surface area contributed by atoms with E-state index in [1.807, 2.05) is 13.8 Å². The van der Waals surface area contributed by atoms with Crippen LogP contribution in [0.25, 0.3) is 0 Å². The molecular weight excluding hydrogens is 286 g/mol. The van der Waals surface area contributed by atoms with Gasteiger partial charge >= 0.3 is 11.7 Å². The second-order valence-electron chi connectivity index (χ2n) is 5.81. The van der Waals surface area contributed by atoms with Gasteiger partial charge in [-0.05, 0) is 43.7 Å². The third-order valence-electron chi connectivity index (χ3n) is 3.96. The van der Waals surface area contributed by atoms with Crippen molar-refractivity contribution in [3.8, 4) is 5.75 Å². The molecule has 0 amide bonds. The molecule has 0 N–H and O–H groups in total. The lowest BCUT2D eigenvalue weighted by molar-refractivity contribution is -0.386. The van der Waals surface area contributed by atoms with E-state index < -0.39 is 16.5 Å². The summed E-state index contributed by atoms with van der Waals surface area (Å²) in [7, 11) is 0. The second kappa shape index (κ2) is 6.34. The highest BCUT2D eigenvalue weighted by molar-refractivity contribution is 5.81. The van der Waals surface area contributed by atoms with Gasteiger partial charge in [0.15, 0.2) is 5.75 Å². The van der Waals surface area contributed by atoms with Crippen LogP contribution in [0.5, 0.6) is 5.75 Å². The number of nitro groups is 1. The Morgan fingerprint density at radius 2 is 2.09 bits per heavy atom. The molecule has 0 atom stereocenters. The molecule has 22 heavy (non-hydrogen) atoms. The fourth-order valence-electron chi connectivity index (χ4n) is 2.44. The Kier molecular flexibility index (Phi) is 4.68. The quantitative estimate of drug-likeness (QED) is 0.456. The van der Waals surface area contributed by atoms with Gasteiger partial charge in [0.1, 0.15) is 0 Å². The Morgan fingerprint density at radius 3 is 2.55 bits per heavy atom. The van der Waals surface area contributed by atoms with Crippen LogP contribution in [0.3, 0.4) is 0 Å². The van der Waals surface area contributed by atoms with Crippen molar-refractivity contribution in [2.75, 3.05) is 6.61 Å². The van der Waals surface area contributed by atoms with Gasteiger partial charge in [-0.2, -0.15) is 0 Å². The van der Waals surface area contributed by atoms with Crippen LogP contribution in [-0.2, 0) is 9.53 Å². The van der Waals surface area contributed by atoms with Crippen LogP contribution in [0.2, 0.25) is 0 Å². The third-order valence-corrected chi connectivity index (χ3v) is 3.96. The molecule has 1 saturated carbocycles. The van der Waals surface area contributed by atoms with Crippen LogP contribution in [0.4, 0.5) is 5.69 Å². The number of rotatable bonds is 6. The molecule has 6 nitrogen and oxygen atoms in total. The first-order valence-corrected chi connectivity index (χ1v) is 7.54. The number of hydrogen-bond donors (Lipinski definition) is 0. The number of carbonyl (C=O) groups excluding carboxylic acids is 1. The molecule has 6 heteroatoms. The highest BCUT2D eigenvalue weighted by Gasteiger charge is 2.49. The number of nitro benzene ring substituents is 1. The first kappa shape index (κ1) is 16.3. The van der Waals surface area contributed by atoms with E-state index in [0.717, 1.165) is 12.0 Å². The van der Waals surface area contributed by atoms with Crippen molar-refractivity contribution in [1.82, 2.24) is 0 Å². The summed E-state index contributed by atoms with van der Waals surface area (Å²) in [5.74, 6) is -0.0856. The van der Waals surface area contributed by atoms with E-state index in [1.165, 1.54) is 6.07 Å². The molecule has 0 bridgehead atoms. The van der Waals surface area contributed by atoms with Crippen LogP contribution in [0, 0.1) is 10.1 Å². The zero-order valence-corrected chi connectivity index (χ0v) is 13.1. The van der Waals surface area contributed by atoms with E-state index in [9.17, 15) is 14.9 Å². The molecule has 0 spiro atoms. The molecule has 1 aliphatic carbocycles. The van der Waals surface area contributed by atoms with Crippen molar-refractivity contribution in [2.24, 2.45) is 0 Å². The molecule has 0 aliphatic heterocycles. The summed E-state index contributed by atoms with van der Waals surface area (Å²) in [5.41, 5.74) is -0.269. The molecule has 0 saturated heterocycles. The van der Waals surface area contributed by atoms with Crippen molar-refractivity contribution in [1.29, 1.82) is 0 Å². The maximum Gasteiger partial charge on any atom is 0.350 e. The molecule has 0 aromatic heterocycles. The molecule has 2 rings (SSSR count). The largest absolute Gasteiger partial charge is 0.468 e. The lowest BCUT2D eigenvalue weighted by atomic mass is 9.80. The standard InChI is InChI=1S/C16H21NO5/c1-4-21-15(18)16(8-5-9-16)22-14-10-12(11(2)3)6-7-13(14)17(19)20/h6-7,10-11H,4-5,8-9H2,1-3H3. The average Bonchev–Trinajstić information content (AvgIpc) is 2.42. The van der Waals surface area contributed by atoms with Gasteiger partial charge in [0.05, 0.1) is 11.5 Å². The summed E-state index contributed by atoms with van der Waals surface area (Å²) in [5, 5.41) is 11.2. The maximum absolute atomic E-state index is 12.1. The van der Waals surface area contributed by atoms with Crippen molar-refractivity contribution < 1.29 is 19.2 Å². The minimum absolute atomic E-state index is 0.125. The highest BCUT2D eigenvalue weighted by Crippen LogP contribution is 2.41. The molecule has 0 heterocycles. The minimum Gasteiger partial charge on any atom is -0.468 e. The average molecular weight is 307 g/mol. The number of ether oxygens (including phenoxy) is 2. The van der Waals surface area contributed by atoms with E-state index in [4.69, 9.17) is 9.47 Å². The van der Waals surface area contributed by atoms with Gasteiger partial charge in [-0.3, -0.25) is 10.1 Å². The number of benzene rings is 1. The summed E-state index contributed by atoms with van der Waals surface area (Å²) < 4.78 is 10.9. The maximum atomic E-state index is 12.1. The molecule has 120 valence electrons. The van der Waals surface area contributed by atoms with Gasteiger partial charge in [-0.1, -0.05) is 19.9 Å². The number of esters is 1. The smallest absolute Gasteiger partial charge is 0.350 e. The third kappa shape index (κ3) is 3.05. The molecule has 0 unspecified atom stereocenters. The molecule has 1 aliphatic rings. The molecule has 1 fully saturated rings. The zero-order valence-electron chi connectivity index (χ0n) is 13.1. The van der Waals surface area contributed by atoms with Gasteiger partial charge < -0.3 is 9.47 Å².